The average molecular weight is 292 g/mol. The van der Waals surface area contributed by atoms with Crippen LogP contribution in [-0.2, 0) is 9.73 Å². The van der Waals surface area contributed by atoms with Gasteiger partial charge in [0.25, 0.3) is 0 Å². The molecule has 1 aliphatic carbocycles. The van der Waals surface area contributed by atoms with Gasteiger partial charge in [-0.25, -0.2) is 13.4 Å². The first-order valence-corrected chi connectivity index (χ1v) is 7.08. The Hall–Kier alpha value is -0.420. The number of halogens is 2. The summed E-state index contributed by atoms with van der Waals surface area (Å²) in [5.41, 5.74) is 0.330. The van der Waals surface area contributed by atoms with Crippen LogP contribution in [0, 0.1) is 17.5 Å². The van der Waals surface area contributed by atoms with Gasteiger partial charge >= 0.3 is 0 Å². The van der Waals surface area contributed by atoms with E-state index >= 15 is 0 Å². The Bertz CT molecular complexity index is 508. The van der Waals surface area contributed by atoms with Crippen molar-refractivity contribution in [1.82, 2.24) is 0 Å². The molecule has 0 heterocycles. The zero-order chi connectivity index (χ0) is 11.2. The maximum absolute atomic E-state index is 13.5. The van der Waals surface area contributed by atoms with E-state index in [-0.39, 0.29) is 5.25 Å². The number of benzene rings is 1. The molecule has 15 heavy (non-hydrogen) atoms. The minimum absolute atomic E-state index is 0.0724. The topological polar surface area (TPSA) is 40.9 Å². The van der Waals surface area contributed by atoms with Gasteiger partial charge in [0.1, 0.15) is 5.82 Å². The molecule has 1 aromatic carbocycles. The minimum atomic E-state index is -2.80. The van der Waals surface area contributed by atoms with Gasteiger partial charge in [0, 0.05) is 10.8 Å². The van der Waals surface area contributed by atoms with Crippen molar-refractivity contribution in [3.8, 4) is 0 Å². The second kappa shape index (κ2) is 3.56. The molecule has 0 bridgehead atoms. The summed E-state index contributed by atoms with van der Waals surface area (Å²) in [5.74, 6) is -0.409. The predicted octanol–water partition coefficient (Wildman–Crippen LogP) is 3.46. The van der Waals surface area contributed by atoms with Crippen molar-refractivity contribution in [2.24, 2.45) is 0 Å². The van der Waals surface area contributed by atoms with Gasteiger partial charge in [0.15, 0.2) is 0 Å². The van der Waals surface area contributed by atoms with Crippen LogP contribution in [0.4, 0.5) is 4.39 Å². The summed E-state index contributed by atoms with van der Waals surface area (Å²) < 4.78 is 33.9. The van der Waals surface area contributed by atoms with Crippen molar-refractivity contribution >= 4 is 25.7 Å². The average Bonchev–Trinajstić information content (AvgIpc) is 2.97. The smallest absolute Gasteiger partial charge is 0.141 e. The van der Waals surface area contributed by atoms with Gasteiger partial charge in [-0.2, -0.15) is 0 Å². The third kappa shape index (κ3) is 1.83. The van der Waals surface area contributed by atoms with Crippen LogP contribution in [0.1, 0.15) is 18.4 Å². The molecule has 0 spiro atoms. The van der Waals surface area contributed by atoms with Gasteiger partial charge in [-0.1, -0.05) is 0 Å². The molecule has 0 aromatic heterocycles. The fourth-order valence-corrected chi connectivity index (χ4v) is 3.95. The molecule has 1 fully saturated rings. The Morgan fingerprint density at radius 3 is 2.67 bits per heavy atom. The summed E-state index contributed by atoms with van der Waals surface area (Å²) in [5, 5.41) is -0.0724. The molecule has 1 N–H and O–H groups in total. The molecule has 1 aliphatic rings. The van der Waals surface area contributed by atoms with E-state index in [1.807, 2.05) is 0 Å². The van der Waals surface area contributed by atoms with Crippen LogP contribution in [0.5, 0.6) is 0 Å². The lowest BCUT2D eigenvalue weighted by molar-refractivity contribution is 0.604. The molecule has 0 radical (unpaired) electrons. The lowest BCUT2D eigenvalue weighted by atomic mass is 10.2. The van der Waals surface area contributed by atoms with E-state index in [2.05, 4.69) is 15.9 Å². The monoisotopic (exact) mass is 291 g/mol. The first kappa shape index (κ1) is 11.1. The first-order valence-electron chi connectivity index (χ1n) is 4.67. The lowest BCUT2D eigenvalue weighted by Gasteiger charge is -2.10. The molecular weight excluding hydrogens is 281 g/mol. The Morgan fingerprint density at radius 1 is 1.53 bits per heavy atom. The second-order valence-electron chi connectivity index (χ2n) is 3.78. The van der Waals surface area contributed by atoms with Gasteiger partial charge in [0.2, 0.25) is 0 Å². The van der Waals surface area contributed by atoms with E-state index in [4.69, 9.17) is 4.78 Å². The third-order valence-electron chi connectivity index (χ3n) is 2.61. The molecule has 82 valence electrons. The van der Waals surface area contributed by atoms with Gasteiger partial charge in [-0.05, 0) is 47.8 Å². The van der Waals surface area contributed by atoms with Crippen molar-refractivity contribution < 1.29 is 8.60 Å². The zero-order valence-corrected chi connectivity index (χ0v) is 10.6. The van der Waals surface area contributed by atoms with Crippen LogP contribution >= 0.6 is 15.9 Å². The van der Waals surface area contributed by atoms with Crippen LogP contribution in [0.3, 0.4) is 0 Å². The quantitative estimate of drug-likeness (QED) is 0.891. The summed E-state index contributed by atoms with van der Waals surface area (Å²) in [6.45, 7) is 1.58. The molecule has 5 heteroatoms. The highest BCUT2D eigenvalue weighted by atomic mass is 79.9. The minimum Gasteiger partial charge on any atom is -0.249 e. The van der Waals surface area contributed by atoms with Gasteiger partial charge in [-0.15, -0.1) is 0 Å². The van der Waals surface area contributed by atoms with E-state index in [1.165, 1.54) is 6.07 Å². The molecule has 1 aromatic rings. The van der Waals surface area contributed by atoms with Crippen molar-refractivity contribution in [3.63, 3.8) is 0 Å². The molecule has 1 atom stereocenters. The Labute approximate surface area is 97.0 Å². The van der Waals surface area contributed by atoms with Crippen molar-refractivity contribution in [2.75, 3.05) is 0 Å². The third-order valence-corrected chi connectivity index (χ3v) is 5.73. The maximum atomic E-state index is 13.5. The van der Waals surface area contributed by atoms with Gasteiger partial charge < -0.3 is 0 Å². The normalized spacial score (nSPS) is 19.9. The number of hydrogen-bond donors (Lipinski definition) is 1. The first-order chi connectivity index (χ1) is 6.94. The summed E-state index contributed by atoms with van der Waals surface area (Å²) in [7, 11) is -2.80. The van der Waals surface area contributed by atoms with E-state index in [0.29, 0.717) is 14.9 Å². The standard InChI is InChI=1S/C10H11BrFNOS/c1-6-9(5-4-8(11)10(6)12)15(13,14)7-2-3-7/h4-5,7,13H,2-3H2,1H3. The molecule has 0 aliphatic heterocycles. The molecular formula is C10H11BrFNOS. The molecule has 0 amide bonds. The van der Waals surface area contributed by atoms with Crippen LogP contribution in [0.15, 0.2) is 21.5 Å². The molecule has 2 rings (SSSR count). The van der Waals surface area contributed by atoms with Crippen molar-refractivity contribution in [2.45, 2.75) is 29.9 Å². The molecule has 0 saturated heterocycles. The summed E-state index contributed by atoms with van der Waals surface area (Å²) >= 11 is 3.07. The van der Waals surface area contributed by atoms with Gasteiger partial charge in [-0.3, -0.25) is 0 Å². The highest BCUT2D eigenvalue weighted by Crippen LogP contribution is 2.36. The zero-order valence-electron chi connectivity index (χ0n) is 8.22. The van der Waals surface area contributed by atoms with Crippen molar-refractivity contribution in [1.29, 1.82) is 4.78 Å². The van der Waals surface area contributed by atoms with Crippen LogP contribution < -0.4 is 0 Å². The number of nitrogens with one attached hydrogen (secondary N) is 1. The summed E-state index contributed by atoms with van der Waals surface area (Å²) in [6.07, 6.45) is 1.64. The fourth-order valence-electron chi connectivity index (χ4n) is 1.54. The fraction of sp³-hybridized carbons (Fsp3) is 0.400. The molecule has 2 nitrogen and oxygen atoms in total. The maximum Gasteiger partial charge on any atom is 0.141 e. The van der Waals surface area contributed by atoms with E-state index < -0.39 is 15.5 Å². The SMILES string of the molecule is Cc1c(S(=N)(=O)C2CC2)ccc(Br)c1F. The summed E-state index contributed by atoms with van der Waals surface area (Å²) in [4.78, 5) is 0.353. The summed E-state index contributed by atoms with van der Waals surface area (Å²) in [6, 6.07) is 3.12. The van der Waals surface area contributed by atoms with E-state index in [9.17, 15) is 8.60 Å². The van der Waals surface area contributed by atoms with Crippen molar-refractivity contribution in [3.05, 3.63) is 28.0 Å². The Morgan fingerprint density at radius 2 is 2.13 bits per heavy atom. The largest absolute Gasteiger partial charge is 0.249 e. The molecule has 1 unspecified atom stereocenters. The van der Waals surface area contributed by atoms with Crippen LogP contribution in [0.2, 0.25) is 0 Å². The highest BCUT2D eigenvalue weighted by molar-refractivity contribution is 9.10. The van der Waals surface area contributed by atoms with Gasteiger partial charge in [0.05, 0.1) is 19.1 Å². The Kier molecular flexibility index (Phi) is 2.63. The Balaban J connectivity index is 2.59. The van der Waals surface area contributed by atoms with Crippen LogP contribution in [0.25, 0.3) is 0 Å². The number of hydrogen-bond acceptors (Lipinski definition) is 2. The van der Waals surface area contributed by atoms with E-state index in [0.717, 1.165) is 12.8 Å². The number of rotatable bonds is 2. The van der Waals surface area contributed by atoms with E-state index in [1.54, 1.807) is 13.0 Å². The highest BCUT2D eigenvalue weighted by Gasteiger charge is 2.35. The molecule has 1 saturated carbocycles. The van der Waals surface area contributed by atoms with Crippen LogP contribution in [-0.4, -0.2) is 9.46 Å². The lowest BCUT2D eigenvalue weighted by Crippen LogP contribution is -2.08. The second-order valence-corrected chi connectivity index (χ2v) is 6.95. The predicted molar refractivity (Wildman–Crippen MR) is 61.0 cm³/mol.